The van der Waals surface area contributed by atoms with E-state index in [1.165, 1.54) is 26.2 Å². The van der Waals surface area contributed by atoms with Gasteiger partial charge in [0.1, 0.15) is 0 Å². The minimum atomic E-state index is -3.46. The number of thiocarbonyl (C=S) groups is 1. The fraction of sp³-hybridized carbons (Fsp3) is 0.385. The predicted octanol–water partition coefficient (Wildman–Crippen LogP) is 2.01. The molecular formula is C13H20N4O2S2. The van der Waals surface area contributed by atoms with Crippen LogP contribution < -0.4 is 10.7 Å². The first-order valence-corrected chi connectivity index (χ1v) is 8.25. The van der Waals surface area contributed by atoms with Gasteiger partial charge >= 0.3 is 0 Å². The van der Waals surface area contributed by atoms with Crippen LogP contribution in [0.1, 0.15) is 20.3 Å². The Morgan fingerprint density at radius 2 is 2.05 bits per heavy atom. The molecule has 0 atom stereocenters. The van der Waals surface area contributed by atoms with Gasteiger partial charge in [0.2, 0.25) is 10.0 Å². The van der Waals surface area contributed by atoms with Crippen molar-refractivity contribution >= 4 is 38.8 Å². The highest BCUT2D eigenvalue weighted by molar-refractivity contribution is 7.89. The normalized spacial score (nSPS) is 12.3. The minimum absolute atomic E-state index is 0.202. The Bertz CT molecular complexity index is 639. The number of hydrogen-bond acceptors (Lipinski definition) is 4. The molecule has 0 saturated heterocycles. The van der Waals surface area contributed by atoms with Crippen LogP contribution in [0, 0.1) is 0 Å². The average Bonchev–Trinajstić information content (AvgIpc) is 2.44. The Labute approximate surface area is 131 Å². The van der Waals surface area contributed by atoms with Crippen molar-refractivity contribution in [1.29, 1.82) is 0 Å². The maximum Gasteiger partial charge on any atom is 0.242 e. The van der Waals surface area contributed by atoms with E-state index in [0.29, 0.717) is 10.8 Å². The highest BCUT2D eigenvalue weighted by atomic mass is 32.2. The van der Waals surface area contributed by atoms with E-state index in [4.69, 9.17) is 12.2 Å². The van der Waals surface area contributed by atoms with Gasteiger partial charge in [-0.1, -0.05) is 13.0 Å². The molecule has 1 aromatic carbocycles. The lowest BCUT2D eigenvalue weighted by Crippen LogP contribution is -2.25. The van der Waals surface area contributed by atoms with E-state index in [0.717, 1.165) is 16.4 Å². The Hall–Kier alpha value is -1.51. The van der Waals surface area contributed by atoms with Gasteiger partial charge in [-0.2, -0.15) is 5.10 Å². The van der Waals surface area contributed by atoms with Gasteiger partial charge in [0, 0.05) is 25.5 Å². The van der Waals surface area contributed by atoms with Gasteiger partial charge in [0.25, 0.3) is 0 Å². The SMILES string of the molecule is CC/C(C)=N\NC(=S)Nc1cccc(S(=O)(=O)N(C)C)c1. The average molecular weight is 328 g/mol. The molecule has 116 valence electrons. The van der Waals surface area contributed by atoms with Crippen molar-refractivity contribution in [2.45, 2.75) is 25.2 Å². The molecule has 1 rings (SSSR count). The summed E-state index contributed by atoms with van der Waals surface area (Å²) in [4.78, 5) is 0.202. The summed E-state index contributed by atoms with van der Waals surface area (Å²) < 4.78 is 25.3. The van der Waals surface area contributed by atoms with Gasteiger partial charge in [-0.25, -0.2) is 12.7 Å². The first-order chi connectivity index (χ1) is 9.77. The second-order valence-corrected chi connectivity index (χ2v) is 7.14. The fourth-order valence-corrected chi connectivity index (χ4v) is 2.44. The molecule has 0 aliphatic carbocycles. The van der Waals surface area contributed by atoms with Gasteiger partial charge in [0.15, 0.2) is 5.11 Å². The lowest BCUT2D eigenvalue weighted by Gasteiger charge is -2.13. The van der Waals surface area contributed by atoms with E-state index < -0.39 is 10.0 Å². The van der Waals surface area contributed by atoms with Crippen LogP contribution in [0.4, 0.5) is 5.69 Å². The molecule has 0 aromatic heterocycles. The fourth-order valence-electron chi connectivity index (χ4n) is 1.33. The summed E-state index contributed by atoms with van der Waals surface area (Å²) in [6.45, 7) is 3.88. The highest BCUT2D eigenvalue weighted by Crippen LogP contribution is 2.17. The summed E-state index contributed by atoms with van der Waals surface area (Å²) in [5.41, 5.74) is 4.21. The van der Waals surface area contributed by atoms with Crippen molar-refractivity contribution in [3.8, 4) is 0 Å². The van der Waals surface area contributed by atoms with Crippen LogP contribution >= 0.6 is 12.2 Å². The van der Waals surface area contributed by atoms with Crippen LogP contribution in [0.3, 0.4) is 0 Å². The highest BCUT2D eigenvalue weighted by Gasteiger charge is 2.17. The molecule has 0 radical (unpaired) electrons. The molecule has 21 heavy (non-hydrogen) atoms. The van der Waals surface area contributed by atoms with Crippen molar-refractivity contribution in [3.63, 3.8) is 0 Å². The lowest BCUT2D eigenvalue weighted by atomic mass is 10.3. The summed E-state index contributed by atoms with van der Waals surface area (Å²) in [5, 5.41) is 7.29. The first-order valence-electron chi connectivity index (χ1n) is 6.40. The Kier molecular flexibility index (Phi) is 6.25. The van der Waals surface area contributed by atoms with Gasteiger partial charge in [-0.3, -0.25) is 5.43 Å². The van der Waals surface area contributed by atoms with Gasteiger partial charge < -0.3 is 5.32 Å². The molecule has 0 saturated carbocycles. The first kappa shape index (κ1) is 17.5. The van der Waals surface area contributed by atoms with Crippen LogP contribution in [0.5, 0.6) is 0 Å². The van der Waals surface area contributed by atoms with Crippen LogP contribution in [-0.4, -0.2) is 37.6 Å². The smallest absolute Gasteiger partial charge is 0.242 e. The monoisotopic (exact) mass is 328 g/mol. The molecule has 6 nitrogen and oxygen atoms in total. The lowest BCUT2D eigenvalue weighted by molar-refractivity contribution is 0.521. The molecule has 0 aliphatic rings. The number of rotatable bonds is 5. The number of sulfonamides is 1. The third-order valence-corrected chi connectivity index (χ3v) is 4.73. The van der Waals surface area contributed by atoms with E-state index in [1.54, 1.807) is 12.1 Å². The zero-order chi connectivity index (χ0) is 16.0. The zero-order valence-corrected chi connectivity index (χ0v) is 14.2. The Morgan fingerprint density at radius 1 is 1.38 bits per heavy atom. The third-order valence-electron chi connectivity index (χ3n) is 2.73. The quantitative estimate of drug-likeness (QED) is 0.491. The van der Waals surface area contributed by atoms with Crippen molar-refractivity contribution in [2.75, 3.05) is 19.4 Å². The summed E-state index contributed by atoms with van der Waals surface area (Å²) in [6.07, 6.45) is 0.826. The van der Waals surface area contributed by atoms with E-state index in [2.05, 4.69) is 15.8 Å². The second-order valence-electron chi connectivity index (χ2n) is 4.58. The maximum atomic E-state index is 12.1. The molecule has 0 aliphatic heterocycles. The molecule has 8 heteroatoms. The summed E-state index contributed by atoms with van der Waals surface area (Å²) in [6, 6.07) is 6.46. The van der Waals surface area contributed by atoms with Crippen LogP contribution in [0.15, 0.2) is 34.3 Å². The molecule has 0 spiro atoms. The van der Waals surface area contributed by atoms with Gasteiger partial charge in [-0.15, -0.1) is 0 Å². The second kappa shape index (κ2) is 7.48. The number of benzene rings is 1. The predicted molar refractivity (Wildman–Crippen MR) is 90.1 cm³/mol. The number of hydrazone groups is 1. The molecule has 0 heterocycles. The van der Waals surface area contributed by atoms with Crippen molar-refractivity contribution in [3.05, 3.63) is 24.3 Å². The number of anilines is 1. The zero-order valence-electron chi connectivity index (χ0n) is 12.5. The van der Waals surface area contributed by atoms with E-state index in [-0.39, 0.29) is 4.90 Å². The van der Waals surface area contributed by atoms with Crippen LogP contribution in [0.25, 0.3) is 0 Å². The summed E-state index contributed by atoms with van der Waals surface area (Å²) >= 11 is 5.10. The Balaban J connectivity index is 2.85. The Morgan fingerprint density at radius 3 is 2.62 bits per heavy atom. The molecule has 0 fully saturated rings. The summed E-state index contributed by atoms with van der Waals surface area (Å²) in [7, 11) is -0.483. The maximum absolute atomic E-state index is 12.1. The van der Waals surface area contributed by atoms with E-state index >= 15 is 0 Å². The van der Waals surface area contributed by atoms with Crippen LogP contribution in [0.2, 0.25) is 0 Å². The van der Waals surface area contributed by atoms with Crippen molar-refractivity contribution < 1.29 is 8.42 Å². The van der Waals surface area contributed by atoms with E-state index in [1.807, 2.05) is 13.8 Å². The standard InChI is InChI=1S/C13H20N4O2S2/c1-5-10(2)15-16-13(20)14-11-7-6-8-12(9-11)21(18,19)17(3)4/h6-9H,5H2,1-4H3,(H2,14,16,20)/b15-10-. The number of nitrogens with one attached hydrogen (secondary N) is 2. The van der Waals surface area contributed by atoms with Crippen molar-refractivity contribution in [1.82, 2.24) is 9.73 Å². The molecule has 0 unspecified atom stereocenters. The summed E-state index contributed by atoms with van der Waals surface area (Å²) in [5.74, 6) is 0. The molecule has 1 aromatic rings. The number of hydrogen-bond donors (Lipinski definition) is 2. The minimum Gasteiger partial charge on any atom is -0.331 e. The van der Waals surface area contributed by atoms with Gasteiger partial charge in [0.05, 0.1) is 4.90 Å². The third kappa shape index (κ3) is 5.07. The van der Waals surface area contributed by atoms with Crippen molar-refractivity contribution in [2.24, 2.45) is 5.10 Å². The molecule has 0 amide bonds. The topological polar surface area (TPSA) is 73.8 Å². The van der Waals surface area contributed by atoms with Gasteiger partial charge in [-0.05, 0) is 43.8 Å². The molecule has 2 N–H and O–H groups in total. The van der Waals surface area contributed by atoms with Crippen LogP contribution in [-0.2, 0) is 10.0 Å². The largest absolute Gasteiger partial charge is 0.331 e. The number of nitrogens with zero attached hydrogens (tertiary/aromatic N) is 2. The molecule has 0 bridgehead atoms. The molecular weight excluding hydrogens is 308 g/mol. The van der Waals surface area contributed by atoms with E-state index in [9.17, 15) is 8.42 Å².